The van der Waals surface area contributed by atoms with Gasteiger partial charge in [0.1, 0.15) is 0 Å². The lowest BCUT2D eigenvalue weighted by molar-refractivity contribution is -0.0785. The lowest BCUT2D eigenvalue weighted by Gasteiger charge is -2.58. The molecular weight excluding hydrogens is 687 g/mol. The van der Waals surface area contributed by atoms with Crippen LogP contribution >= 0.6 is 0 Å². The Bertz CT molecular complexity index is 1140. The summed E-state index contributed by atoms with van der Waals surface area (Å²) in [6, 6.07) is 0. The summed E-state index contributed by atoms with van der Waals surface area (Å²) in [5.41, 5.74) is 2.69. The van der Waals surface area contributed by atoms with E-state index >= 15 is 0 Å². The van der Waals surface area contributed by atoms with Crippen LogP contribution in [0.15, 0.2) is 36.0 Å². The molecule has 0 heterocycles. The summed E-state index contributed by atoms with van der Waals surface area (Å²) in [5.74, 6) is 5.38. The van der Waals surface area contributed by atoms with Gasteiger partial charge in [0, 0.05) is 13.2 Å². The van der Waals surface area contributed by atoms with E-state index in [4.69, 9.17) is 14.2 Å². The highest BCUT2D eigenvalue weighted by molar-refractivity contribution is 5.25. The van der Waals surface area contributed by atoms with Crippen molar-refractivity contribution < 1.29 is 14.2 Å². The minimum absolute atomic E-state index is 0.0982. The molecule has 0 aliphatic heterocycles. The molecule has 9 atom stereocenters. The van der Waals surface area contributed by atoms with Gasteiger partial charge in [-0.1, -0.05) is 135 Å². The van der Waals surface area contributed by atoms with E-state index in [-0.39, 0.29) is 6.10 Å². The van der Waals surface area contributed by atoms with Crippen molar-refractivity contribution in [1.82, 2.24) is 4.90 Å². The maximum absolute atomic E-state index is 6.56. The van der Waals surface area contributed by atoms with Crippen LogP contribution in [0.4, 0.5) is 0 Å². The summed E-state index contributed by atoms with van der Waals surface area (Å²) < 4.78 is 19.1. The van der Waals surface area contributed by atoms with Crippen LogP contribution in [-0.4, -0.2) is 64.2 Å². The summed E-state index contributed by atoms with van der Waals surface area (Å²) in [6.45, 7) is 18.8. The number of fused-ring (bicyclic) bond motifs is 5. The van der Waals surface area contributed by atoms with Crippen molar-refractivity contribution in [3.63, 3.8) is 0 Å². The van der Waals surface area contributed by atoms with Crippen molar-refractivity contribution in [2.45, 2.75) is 201 Å². The van der Waals surface area contributed by atoms with Crippen LogP contribution in [0.2, 0.25) is 0 Å². The number of allylic oxidation sites excluding steroid dienone is 5. The SMILES string of the molecule is CCCCCC=CCC=CCCCCCCCCOCC(CN(C)C)OCCOC1CCC2(C)C(=CCC3C2CCC2(C)C(C(C)CCCC(C)C)CCC32)C1. The van der Waals surface area contributed by atoms with Crippen molar-refractivity contribution in [2.75, 3.05) is 47.1 Å². The number of rotatable bonds is 29. The highest BCUT2D eigenvalue weighted by atomic mass is 16.6. The minimum Gasteiger partial charge on any atom is -0.379 e. The van der Waals surface area contributed by atoms with E-state index in [2.05, 4.69) is 90.9 Å². The fourth-order valence-electron chi connectivity index (χ4n) is 12.2. The van der Waals surface area contributed by atoms with Crippen LogP contribution in [0.5, 0.6) is 0 Å². The Morgan fingerprint density at radius 2 is 1.50 bits per heavy atom. The predicted octanol–water partition coefficient (Wildman–Crippen LogP) is 14.2. The Balaban J connectivity index is 1.07. The Morgan fingerprint density at radius 1 is 0.768 bits per heavy atom. The molecule has 0 amide bonds. The summed E-state index contributed by atoms with van der Waals surface area (Å²) in [5, 5.41) is 0. The molecule has 0 spiro atoms. The third-order valence-corrected chi connectivity index (χ3v) is 15.4. The van der Waals surface area contributed by atoms with Gasteiger partial charge in [-0.25, -0.2) is 0 Å². The molecule has 0 aromatic heterocycles. The van der Waals surface area contributed by atoms with Crippen molar-refractivity contribution >= 4 is 0 Å². The number of likely N-dealkylation sites (N-methyl/N-ethyl adjacent to an activating group) is 1. The van der Waals surface area contributed by atoms with Gasteiger partial charge in [0.05, 0.1) is 32.0 Å². The van der Waals surface area contributed by atoms with Crippen LogP contribution < -0.4 is 0 Å². The van der Waals surface area contributed by atoms with E-state index in [1.165, 1.54) is 128 Å². The van der Waals surface area contributed by atoms with Crippen molar-refractivity contribution in [2.24, 2.45) is 46.3 Å². The Morgan fingerprint density at radius 3 is 2.23 bits per heavy atom. The first-order valence-electron chi connectivity index (χ1n) is 24.5. The zero-order valence-electron chi connectivity index (χ0n) is 38.5. The van der Waals surface area contributed by atoms with E-state index in [1.54, 1.807) is 5.57 Å². The standard InChI is InChI=1S/C52H93NO3/c1-9-10-11-12-13-14-15-16-17-18-19-20-21-22-23-24-36-54-41-46(40-53(7)8)56-38-37-55-45-32-34-51(5)44(39-45)28-29-47-49-31-30-48(43(4)27-25-26-42(2)3)52(49,6)35-33-50(47)51/h13-14,16-17,28,42-43,45-50H,9-12,15,18-27,29-41H2,1-8H3. The molecule has 0 N–H and O–H groups in total. The predicted molar refractivity (Wildman–Crippen MR) is 241 cm³/mol. The van der Waals surface area contributed by atoms with Gasteiger partial charge < -0.3 is 19.1 Å². The molecule has 0 aromatic rings. The van der Waals surface area contributed by atoms with Crippen molar-refractivity contribution in [3.05, 3.63) is 36.0 Å². The van der Waals surface area contributed by atoms with Crippen LogP contribution in [0.1, 0.15) is 189 Å². The molecule has 4 nitrogen and oxygen atoms in total. The summed E-state index contributed by atoms with van der Waals surface area (Å²) in [4.78, 5) is 2.22. The first-order chi connectivity index (χ1) is 27.1. The fourth-order valence-corrected chi connectivity index (χ4v) is 12.2. The molecule has 4 aliphatic carbocycles. The highest BCUT2D eigenvalue weighted by Crippen LogP contribution is 2.67. The molecule has 0 saturated heterocycles. The second-order valence-corrected chi connectivity index (χ2v) is 20.4. The molecule has 4 heteroatoms. The van der Waals surface area contributed by atoms with E-state index in [1.807, 2.05) is 0 Å². The van der Waals surface area contributed by atoms with E-state index in [0.717, 1.165) is 67.9 Å². The molecule has 324 valence electrons. The smallest absolute Gasteiger partial charge is 0.0935 e. The van der Waals surface area contributed by atoms with Gasteiger partial charge in [0.15, 0.2) is 0 Å². The Labute approximate surface area is 348 Å². The van der Waals surface area contributed by atoms with E-state index < -0.39 is 0 Å². The molecule has 0 radical (unpaired) electrons. The molecule has 3 saturated carbocycles. The normalized spacial score (nSPS) is 30.2. The zero-order chi connectivity index (χ0) is 40.2. The van der Waals surface area contributed by atoms with Crippen LogP contribution in [0.3, 0.4) is 0 Å². The number of ether oxygens (including phenoxy) is 3. The van der Waals surface area contributed by atoms with Crippen molar-refractivity contribution in [1.29, 1.82) is 0 Å². The number of hydrogen-bond donors (Lipinski definition) is 0. The fraction of sp³-hybridized carbons (Fsp3) is 0.885. The van der Waals surface area contributed by atoms with Gasteiger partial charge in [0.2, 0.25) is 0 Å². The van der Waals surface area contributed by atoms with Crippen LogP contribution in [-0.2, 0) is 14.2 Å². The third-order valence-electron chi connectivity index (χ3n) is 15.4. The van der Waals surface area contributed by atoms with Crippen LogP contribution in [0.25, 0.3) is 0 Å². The van der Waals surface area contributed by atoms with Gasteiger partial charge in [-0.15, -0.1) is 0 Å². The number of unbranched alkanes of at least 4 members (excludes halogenated alkanes) is 9. The Kier molecular flexibility index (Phi) is 21.8. The molecular formula is C52H93NO3. The lowest BCUT2D eigenvalue weighted by Crippen LogP contribution is -2.51. The average molecular weight is 780 g/mol. The number of hydrogen-bond acceptors (Lipinski definition) is 4. The van der Waals surface area contributed by atoms with Gasteiger partial charge in [-0.05, 0) is 150 Å². The van der Waals surface area contributed by atoms with Gasteiger partial charge >= 0.3 is 0 Å². The number of nitrogens with zero attached hydrogens (tertiary/aromatic N) is 1. The van der Waals surface area contributed by atoms with Crippen LogP contribution in [0, 0.1) is 46.3 Å². The first-order valence-corrected chi connectivity index (χ1v) is 24.5. The average Bonchev–Trinajstić information content (AvgIpc) is 3.53. The molecule has 4 rings (SSSR count). The molecule has 56 heavy (non-hydrogen) atoms. The van der Waals surface area contributed by atoms with E-state index in [9.17, 15) is 0 Å². The van der Waals surface area contributed by atoms with E-state index in [0.29, 0.717) is 36.8 Å². The molecule has 3 fully saturated rings. The van der Waals surface area contributed by atoms with Gasteiger partial charge in [-0.2, -0.15) is 0 Å². The molecule has 0 aromatic carbocycles. The quantitative estimate of drug-likeness (QED) is 0.0559. The monoisotopic (exact) mass is 780 g/mol. The Hall–Kier alpha value is -0.940. The third kappa shape index (κ3) is 15.0. The summed E-state index contributed by atoms with van der Waals surface area (Å²) in [7, 11) is 4.26. The minimum atomic E-state index is 0.0982. The second-order valence-electron chi connectivity index (χ2n) is 20.4. The molecule has 9 unspecified atom stereocenters. The zero-order valence-corrected chi connectivity index (χ0v) is 38.5. The maximum Gasteiger partial charge on any atom is 0.0935 e. The summed E-state index contributed by atoms with van der Waals surface area (Å²) >= 11 is 0. The van der Waals surface area contributed by atoms with Crippen molar-refractivity contribution in [3.8, 4) is 0 Å². The van der Waals surface area contributed by atoms with Gasteiger partial charge in [-0.3, -0.25) is 0 Å². The lowest BCUT2D eigenvalue weighted by atomic mass is 9.47. The molecule has 0 bridgehead atoms. The van der Waals surface area contributed by atoms with Gasteiger partial charge in [0.25, 0.3) is 0 Å². The largest absolute Gasteiger partial charge is 0.379 e. The topological polar surface area (TPSA) is 30.9 Å². The second kappa shape index (κ2) is 25.6. The first kappa shape index (κ1) is 47.7. The highest BCUT2D eigenvalue weighted by Gasteiger charge is 2.59. The maximum atomic E-state index is 6.56. The summed E-state index contributed by atoms with van der Waals surface area (Å²) in [6.07, 6.45) is 43.0. The molecule has 4 aliphatic rings.